The summed E-state index contributed by atoms with van der Waals surface area (Å²) in [6, 6.07) is 18.0. The van der Waals surface area contributed by atoms with Crippen LogP contribution < -0.4 is 24.9 Å². The molecule has 1 atom stereocenters. The third-order valence-corrected chi connectivity index (χ3v) is 7.81. The van der Waals surface area contributed by atoms with Crippen molar-refractivity contribution in [2.45, 2.75) is 19.9 Å². The number of aromatic nitrogens is 1. The zero-order chi connectivity index (χ0) is 29.3. The largest absolute Gasteiger partial charge is 0.502 e. The van der Waals surface area contributed by atoms with Crippen LogP contribution in [0.2, 0.25) is 0 Å². The number of carbonyl (C=O) groups excluding carboxylic acids is 1. The van der Waals surface area contributed by atoms with E-state index in [1.54, 1.807) is 55.5 Å². The van der Waals surface area contributed by atoms with Gasteiger partial charge in [-0.15, -0.1) is 0 Å². The van der Waals surface area contributed by atoms with Crippen molar-refractivity contribution < 1.29 is 19.6 Å². The van der Waals surface area contributed by atoms with Crippen LogP contribution in [0, 0.1) is 10.1 Å². The average Bonchev–Trinajstić information content (AvgIpc) is 3.24. The average molecular weight is 635 g/mol. The molecule has 0 saturated heterocycles. The summed E-state index contributed by atoms with van der Waals surface area (Å²) in [6.45, 7) is 4.07. The van der Waals surface area contributed by atoms with Crippen molar-refractivity contribution >= 4 is 50.6 Å². The number of aromatic hydroxyl groups is 1. The molecule has 208 valence electrons. The summed E-state index contributed by atoms with van der Waals surface area (Å²) in [5.41, 5.74) is 1.10. The molecule has 0 fully saturated rings. The maximum atomic E-state index is 13.9. The number of nitrogens with zero attached hydrogens (tertiary/aromatic N) is 3. The number of allylic oxidation sites excluding steroid dienone is 1. The Hall–Kier alpha value is -4.55. The smallest absolute Gasteiger partial charge is 0.312 e. The number of rotatable bonds is 7. The Morgan fingerprint density at radius 3 is 2.59 bits per heavy atom. The maximum Gasteiger partial charge on any atom is 0.312 e. The molecule has 12 heteroatoms. The van der Waals surface area contributed by atoms with E-state index in [1.807, 2.05) is 13.0 Å². The van der Waals surface area contributed by atoms with Gasteiger partial charge in [-0.2, -0.15) is 0 Å². The van der Waals surface area contributed by atoms with Gasteiger partial charge in [-0.05, 0) is 55.8 Å². The molecule has 4 aromatic rings. The lowest BCUT2D eigenvalue weighted by atomic mass is 9.95. The fourth-order valence-electron chi connectivity index (χ4n) is 4.56. The summed E-state index contributed by atoms with van der Waals surface area (Å²) in [6.07, 6.45) is 1.38. The van der Waals surface area contributed by atoms with Crippen molar-refractivity contribution in [3.05, 3.63) is 123 Å². The van der Waals surface area contributed by atoms with Gasteiger partial charge in [-0.3, -0.25) is 24.3 Å². The molecular weight excluding hydrogens is 612 g/mol. The van der Waals surface area contributed by atoms with Gasteiger partial charge in [-0.1, -0.05) is 57.6 Å². The predicted molar refractivity (Wildman–Crippen MR) is 159 cm³/mol. The van der Waals surface area contributed by atoms with Crippen LogP contribution in [0.1, 0.15) is 31.0 Å². The molecule has 2 heterocycles. The summed E-state index contributed by atoms with van der Waals surface area (Å²) >= 11 is 4.28. The van der Waals surface area contributed by atoms with Crippen LogP contribution in [0.15, 0.2) is 92.3 Å². The van der Waals surface area contributed by atoms with E-state index in [9.17, 15) is 24.8 Å². The maximum absolute atomic E-state index is 13.9. The lowest BCUT2D eigenvalue weighted by Gasteiger charge is -2.25. The Balaban J connectivity index is 1.69. The molecule has 0 bridgehead atoms. The minimum atomic E-state index is -0.821. The molecule has 2 N–H and O–H groups in total. The quantitative estimate of drug-likeness (QED) is 0.224. The molecule has 0 radical (unpaired) electrons. The van der Waals surface area contributed by atoms with E-state index in [0.29, 0.717) is 38.6 Å². The van der Waals surface area contributed by atoms with Gasteiger partial charge in [0.15, 0.2) is 4.80 Å². The molecule has 1 aliphatic rings. The molecule has 5 rings (SSSR count). The molecule has 0 unspecified atom stereocenters. The number of phenolic OH excluding ortho intramolecular Hbond substituents is 1. The van der Waals surface area contributed by atoms with Gasteiger partial charge in [0.2, 0.25) is 5.75 Å². The van der Waals surface area contributed by atoms with E-state index in [2.05, 4.69) is 26.2 Å². The highest BCUT2D eigenvalue weighted by Gasteiger charge is 2.32. The number of phenols is 1. The number of benzene rings is 3. The second-order valence-electron chi connectivity index (χ2n) is 9.02. The SMILES string of the molecule is CCOc1ccc([C@H]2C(C(=O)Nc3ccccc3)=C(C)N=c3s/c(=C\c4cc(Br)cc([N+](=O)[O-])c4O)c(=O)n32)cc1. The first-order valence-corrected chi connectivity index (χ1v) is 14.1. The summed E-state index contributed by atoms with van der Waals surface area (Å²) in [7, 11) is 0. The zero-order valence-electron chi connectivity index (χ0n) is 21.8. The van der Waals surface area contributed by atoms with Crippen molar-refractivity contribution in [1.82, 2.24) is 4.57 Å². The number of anilines is 1. The Labute approximate surface area is 245 Å². The normalized spacial score (nSPS) is 14.8. The van der Waals surface area contributed by atoms with Crippen molar-refractivity contribution in [3.63, 3.8) is 0 Å². The number of para-hydroxylation sites is 1. The Morgan fingerprint density at radius 1 is 1.22 bits per heavy atom. The molecule has 10 nitrogen and oxygen atoms in total. The van der Waals surface area contributed by atoms with Gasteiger partial charge < -0.3 is 15.2 Å². The molecule has 0 spiro atoms. The fourth-order valence-corrected chi connectivity index (χ4v) is 6.06. The first-order chi connectivity index (χ1) is 19.7. The first-order valence-electron chi connectivity index (χ1n) is 12.5. The van der Waals surface area contributed by atoms with E-state index < -0.39 is 33.9 Å². The van der Waals surface area contributed by atoms with Gasteiger partial charge >= 0.3 is 5.69 Å². The number of nitro groups is 1. The van der Waals surface area contributed by atoms with E-state index >= 15 is 0 Å². The zero-order valence-corrected chi connectivity index (χ0v) is 24.2. The highest BCUT2D eigenvalue weighted by atomic mass is 79.9. The number of hydrogen-bond donors (Lipinski definition) is 2. The molecule has 41 heavy (non-hydrogen) atoms. The van der Waals surface area contributed by atoms with Crippen LogP contribution in [0.5, 0.6) is 11.5 Å². The number of halogens is 1. The van der Waals surface area contributed by atoms with Gasteiger partial charge in [0.25, 0.3) is 11.5 Å². The van der Waals surface area contributed by atoms with E-state index in [1.165, 1.54) is 22.8 Å². The van der Waals surface area contributed by atoms with Crippen LogP contribution in [0.25, 0.3) is 6.08 Å². The monoisotopic (exact) mass is 634 g/mol. The number of nitrogens with one attached hydrogen (secondary N) is 1. The van der Waals surface area contributed by atoms with Crippen molar-refractivity contribution in [1.29, 1.82) is 0 Å². The lowest BCUT2D eigenvalue weighted by Crippen LogP contribution is -2.40. The summed E-state index contributed by atoms with van der Waals surface area (Å²) in [5, 5.41) is 24.9. The molecule has 1 aliphatic heterocycles. The lowest BCUT2D eigenvalue weighted by molar-refractivity contribution is -0.385. The molecular formula is C29H23BrN4O6S. The number of carbonyl (C=O) groups is 1. The topological polar surface area (TPSA) is 136 Å². The van der Waals surface area contributed by atoms with Gasteiger partial charge in [0.05, 0.1) is 33.4 Å². The number of fused-ring (bicyclic) bond motifs is 1. The molecule has 1 amide bonds. The minimum absolute atomic E-state index is 0.0896. The van der Waals surface area contributed by atoms with Crippen LogP contribution >= 0.6 is 27.3 Å². The number of nitro benzene ring substituents is 1. The second-order valence-corrected chi connectivity index (χ2v) is 10.9. The predicted octanol–water partition coefficient (Wildman–Crippen LogP) is 4.65. The number of amides is 1. The van der Waals surface area contributed by atoms with Crippen LogP contribution in [0.4, 0.5) is 11.4 Å². The highest BCUT2D eigenvalue weighted by molar-refractivity contribution is 9.10. The van der Waals surface area contributed by atoms with Gasteiger partial charge in [-0.25, -0.2) is 4.99 Å². The number of hydrogen-bond acceptors (Lipinski definition) is 8. The molecule has 0 aliphatic carbocycles. The van der Waals surface area contributed by atoms with E-state index in [-0.39, 0.29) is 15.7 Å². The van der Waals surface area contributed by atoms with Crippen LogP contribution in [-0.2, 0) is 4.79 Å². The van der Waals surface area contributed by atoms with E-state index in [0.717, 1.165) is 11.3 Å². The fraction of sp³-hybridized carbons (Fsp3) is 0.138. The van der Waals surface area contributed by atoms with Crippen LogP contribution in [0.3, 0.4) is 0 Å². The summed E-state index contributed by atoms with van der Waals surface area (Å²) in [5.74, 6) is -0.330. The Kier molecular flexibility index (Phi) is 7.86. The highest BCUT2D eigenvalue weighted by Crippen LogP contribution is 2.34. The molecule has 0 saturated carbocycles. The van der Waals surface area contributed by atoms with Gasteiger partial charge in [0, 0.05) is 21.8 Å². The number of thiazole rings is 1. The van der Waals surface area contributed by atoms with Gasteiger partial charge in [0.1, 0.15) is 5.75 Å². The standard InChI is InChI=1S/C29H23BrN4O6S/c1-3-40-21-11-9-17(10-12-21)25-24(27(36)32-20-7-5-4-6-8-20)16(2)31-29-33(25)28(37)23(41-29)14-18-13-19(30)15-22(26(18)35)34(38)39/h4-15,25,35H,3H2,1-2H3,(H,32,36)/b23-14-/t25-/m0/s1. The Morgan fingerprint density at radius 2 is 1.93 bits per heavy atom. The molecule has 1 aromatic heterocycles. The van der Waals surface area contributed by atoms with Crippen molar-refractivity contribution in [2.75, 3.05) is 11.9 Å². The summed E-state index contributed by atoms with van der Waals surface area (Å²) in [4.78, 5) is 43.2. The first kappa shape index (κ1) is 28.0. The third kappa shape index (κ3) is 5.56. The third-order valence-electron chi connectivity index (χ3n) is 6.37. The van der Waals surface area contributed by atoms with E-state index in [4.69, 9.17) is 4.74 Å². The number of ether oxygens (including phenoxy) is 1. The Bertz CT molecular complexity index is 1880. The minimum Gasteiger partial charge on any atom is -0.502 e. The van der Waals surface area contributed by atoms with Crippen molar-refractivity contribution in [2.24, 2.45) is 4.99 Å². The molecule has 3 aromatic carbocycles. The van der Waals surface area contributed by atoms with Crippen LogP contribution in [-0.4, -0.2) is 27.1 Å². The van der Waals surface area contributed by atoms with Crippen molar-refractivity contribution in [3.8, 4) is 11.5 Å². The second kappa shape index (κ2) is 11.5. The summed E-state index contributed by atoms with van der Waals surface area (Å²) < 4.78 is 7.56.